The highest BCUT2D eigenvalue weighted by atomic mass is 16.3. The number of Topliss-reactive ketones (excluding diaryl/α,β-unsaturated/α-hetero) is 5. The van der Waals surface area contributed by atoms with Crippen LogP contribution in [-0.4, -0.2) is 70.6 Å². The quantitative estimate of drug-likeness (QED) is 0.465. The average Bonchev–Trinajstić information content (AvgIpc) is 2.70. The van der Waals surface area contributed by atoms with Gasteiger partial charge in [0, 0.05) is 17.0 Å². The zero-order valence-electron chi connectivity index (χ0n) is 18.0. The summed E-state index contributed by atoms with van der Waals surface area (Å²) in [6.07, 6.45) is 0.248. The monoisotopic (exact) mass is 440 g/mol. The van der Waals surface area contributed by atoms with Crippen LogP contribution >= 0.6 is 0 Å². The predicted octanol–water partition coefficient (Wildman–Crippen LogP) is -0.636. The van der Waals surface area contributed by atoms with Gasteiger partial charge in [-0.1, -0.05) is 18.2 Å². The fourth-order valence-corrected chi connectivity index (χ4v) is 5.86. The number of primary amides is 1. The Morgan fingerprint density at radius 2 is 1.78 bits per heavy atom. The van der Waals surface area contributed by atoms with Gasteiger partial charge < -0.3 is 10.8 Å². The van der Waals surface area contributed by atoms with Gasteiger partial charge in [0.2, 0.25) is 5.91 Å². The molecule has 6 atom stereocenters. The van der Waals surface area contributed by atoms with Crippen LogP contribution in [0.25, 0.3) is 0 Å². The Morgan fingerprint density at radius 3 is 2.34 bits per heavy atom. The van der Waals surface area contributed by atoms with Gasteiger partial charge in [0.15, 0.2) is 40.4 Å². The molecule has 0 spiro atoms. The van der Waals surface area contributed by atoms with Crippen molar-refractivity contribution in [1.82, 2.24) is 4.90 Å². The lowest BCUT2D eigenvalue weighted by molar-refractivity contribution is -0.181. The molecule has 0 aliphatic heterocycles. The molecule has 3 aliphatic rings. The van der Waals surface area contributed by atoms with E-state index in [0.717, 1.165) is 0 Å². The number of hydrogen-bond acceptors (Lipinski definition) is 8. The van der Waals surface area contributed by atoms with Crippen molar-refractivity contribution in [3.8, 4) is 0 Å². The van der Waals surface area contributed by atoms with Gasteiger partial charge in [-0.15, -0.1) is 0 Å². The van der Waals surface area contributed by atoms with Crippen molar-refractivity contribution < 1.29 is 33.9 Å². The number of amides is 1. The van der Waals surface area contributed by atoms with E-state index < -0.39 is 64.4 Å². The first-order chi connectivity index (χ1) is 14.9. The maximum absolute atomic E-state index is 13.6. The highest BCUT2D eigenvalue weighted by Gasteiger charge is 2.69. The van der Waals surface area contributed by atoms with Gasteiger partial charge in [0.1, 0.15) is 0 Å². The van der Waals surface area contributed by atoms with Crippen molar-refractivity contribution in [2.24, 2.45) is 29.4 Å². The van der Waals surface area contributed by atoms with Gasteiger partial charge in [-0.05, 0) is 45.3 Å². The molecule has 32 heavy (non-hydrogen) atoms. The van der Waals surface area contributed by atoms with Crippen molar-refractivity contribution in [2.75, 3.05) is 14.1 Å². The fraction of sp³-hybridized carbons (Fsp3) is 0.478. The third kappa shape index (κ3) is 2.77. The molecule has 9 nitrogen and oxygen atoms in total. The zero-order chi connectivity index (χ0) is 23.7. The van der Waals surface area contributed by atoms with Crippen molar-refractivity contribution >= 4 is 34.8 Å². The molecule has 1 amide bonds. The first kappa shape index (κ1) is 22.2. The van der Waals surface area contributed by atoms with E-state index in [0.29, 0.717) is 11.1 Å². The number of ketones is 5. The number of fused-ring (bicyclic) bond motifs is 3. The van der Waals surface area contributed by atoms with Crippen LogP contribution in [0.15, 0.2) is 18.2 Å². The molecular weight excluding hydrogens is 416 g/mol. The van der Waals surface area contributed by atoms with Crippen LogP contribution in [0, 0.1) is 23.7 Å². The summed E-state index contributed by atoms with van der Waals surface area (Å²) in [5, 5.41) is 11.4. The summed E-state index contributed by atoms with van der Waals surface area (Å²) >= 11 is 0. The van der Waals surface area contributed by atoms with Gasteiger partial charge in [-0.3, -0.25) is 33.7 Å². The van der Waals surface area contributed by atoms with Gasteiger partial charge >= 0.3 is 0 Å². The Bertz CT molecular complexity index is 1110. The summed E-state index contributed by atoms with van der Waals surface area (Å²) in [4.78, 5) is 78.5. The number of hydrogen-bond donors (Lipinski definition) is 2. The van der Waals surface area contributed by atoms with Gasteiger partial charge in [0.05, 0.1) is 12.0 Å². The average molecular weight is 440 g/mol. The number of benzene rings is 1. The van der Waals surface area contributed by atoms with Gasteiger partial charge in [-0.25, -0.2) is 0 Å². The van der Waals surface area contributed by atoms with Crippen LogP contribution in [-0.2, 0) is 25.6 Å². The predicted molar refractivity (Wildman–Crippen MR) is 110 cm³/mol. The number of nitrogens with zero attached hydrogens (tertiary/aromatic N) is 1. The maximum Gasteiger partial charge on any atom is 0.235 e. The van der Waals surface area contributed by atoms with Crippen molar-refractivity contribution in [3.63, 3.8) is 0 Å². The smallest absolute Gasteiger partial charge is 0.235 e. The first-order valence-electron chi connectivity index (χ1n) is 10.4. The normalized spacial score (nSPS) is 34.1. The van der Waals surface area contributed by atoms with Crippen molar-refractivity contribution in [3.05, 3.63) is 34.9 Å². The molecule has 3 N–H and O–H groups in total. The Labute approximate surface area is 183 Å². The van der Waals surface area contributed by atoms with Crippen LogP contribution in [0.3, 0.4) is 0 Å². The van der Waals surface area contributed by atoms with E-state index in [2.05, 4.69) is 0 Å². The molecule has 168 valence electrons. The minimum absolute atomic E-state index is 0.0239. The zero-order valence-corrected chi connectivity index (χ0v) is 18.0. The third-order valence-electron chi connectivity index (χ3n) is 7.23. The molecule has 0 aromatic heterocycles. The van der Waals surface area contributed by atoms with E-state index in [1.54, 1.807) is 26.2 Å². The molecule has 0 radical (unpaired) electrons. The maximum atomic E-state index is 13.6. The topological polar surface area (TPSA) is 152 Å². The summed E-state index contributed by atoms with van der Waals surface area (Å²) < 4.78 is 0. The standard InChI is InChI=1S/C23H24N2O7/c1-9(26)11-5-4-6-12-13(11)7-10-8-14-17(25(2)3)19(28)16(22(24)31)21(30)23(14,32)20(29)15(10)18(12)27/h4-6,10,14-17,32H,7-8H2,1-3H3,(H2,24,31)/t10?,14?,15?,16?,17-,23+/m1/s1. The highest BCUT2D eigenvalue weighted by molar-refractivity contribution is 6.32. The van der Waals surface area contributed by atoms with E-state index in [1.165, 1.54) is 17.9 Å². The summed E-state index contributed by atoms with van der Waals surface area (Å²) in [6, 6.07) is 3.57. The Kier molecular flexibility index (Phi) is 5.02. The molecule has 4 unspecified atom stereocenters. The minimum atomic E-state index is -2.67. The molecule has 2 fully saturated rings. The van der Waals surface area contributed by atoms with Crippen LogP contribution in [0.5, 0.6) is 0 Å². The molecule has 2 saturated carbocycles. The number of carbonyl (C=O) groups is 6. The van der Waals surface area contributed by atoms with E-state index in [1.807, 2.05) is 0 Å². The summed E-state index contributed by atoms with van der Waals surface area (Å²) in [6.45, 7) is 1.39. The van der Waals surface area contributed by atoms with E-state index in [4.69, 9.17) is 5.73 Å². The fourth-order valence-electron chi connectivity index (χ4n) is 5.86. The van der Waals surface area contributed by atoms with Gasteiger partial charge in [0.25, 0.3) is 0 Å². The van der Waals surface area contributed by atoms with Crippen molar-refractivity contribution in [2.45, 2.75) is 31.4 Å². The highest BCUT2D eigenvalue weighted by Crippen LogP contribution is 2.50. The lowest BCUT2D eigenvalue weighted by atomic mass is 9.52. The summed E-state index contributed by atoms with van der Waals surface area (Å²) in [5.74, 6) is -10.0. The lowest BCUT2D eigenvalue weighted by Gasteiger charge is -2.52. The Hall–Kier alpha value is -3.04. The number of carbonyl (C=O) groups excluding carboxylic acids is 6. The number of rotatable bonds is 3. The SMILES string of the molecule is CC(=O)c1cccc2c1CC1CC3[C@@H](N(C)C)C(=O)C(C(N)=O)C(=O)[C@@]3(O)C(=O)C1C2=O. The number of nitrogens with two attached hydrogens (primary N) is 1. The van der Waals surface area contributed by atoms with Crippen LogP contribution in [0.1, 0.15) is 39.6 Å². The van der Waals surface area contributed by atoms with Crippen LogP contribution < -0.4 is 5.73 Å². The summed E-state index contributed by atoms with van der Waals surface area (Å²) in [5.41, 5.74) is 3.75. The molecule has 0 bridgehead atoms. The molecule has 3 aliphatic carbocycles. The molecule has 0 saturated heterocycles. The Morgan fingerprint density at radius 1 is 1.12 bits per heavy atom. The van der Waals surface area contributed by atoms with Crippen molar-refractivity contribution in [1.29, 1.82) is 0 Å². The largest absolute Gasteiger partial charge is 0.374 e. The molecule has 9 heteroatoms. The molecular formula is C23H24N2O7. The second-order valence-corrected chi connectivity index (χ2v) is 9.18. The Balaban J connectivity index is 1.87. The van der Waals surface area contributed by atoms with E-state index in [-0.39, 0.29) is 24.2 Å². The number of likely N-dealkylation sites (N-methyl/N-ethyl adjacent to an activating group) is 1. The second kappa shape index (κ2) is 7.25. The lowest BCUT2D eigenvalue weighted by Crippen LogP contribution is -2.74. The van der Waals surface area contributed by atoms with E-state index >= 15 is 0 Å². The van der Waals surface area contributed by atoms with Gasteiger partial charge in [-0.2, -0.15) is 0 Å². The number of aliphatic hydroxyl groups is 1. The first-order valence-corrected chi connectivity index (χ1v) is 10.4. The van der Waals surface area contributed by atoms with Crippen LogP contribution in [0.4, 0.5) is 0 Å². The minimum Gasteiger partial charge on any atom is -0.374 e. The third-order valence-corrected chi connectivity index (χ3v) is 7.23. The molecule has 1 aromatic carbocycles. The van der Waals surface area contributed by atoms with Crippen LogP contribution in [0.2, 0.25) is 0 Å². The molecule has 0 heterocycles. The molecule has 4 rings (SSSR count). The summed E-state index contributed by atoms with van der Waals surface area (Å²) in [7, 11) is 3.09. The second-order valence-electron chi connectivity index (χ2n) is 9.18. The molecule has 1 aromatic rings. The van der Waals surface area contributed by atoms with E-state index in [9.17, 15) is 33.9 Å².